The van der Waals surface area contributed by atoms with Crippen LogP contribution in [0.5, 0.6) is 0 Å². The molecule has 5 heteroatoms. The normalized spacial score (nSPS) is 15.0. The summed E-state index contributed by atoms with van der Waals surface area (Å²) in [5.74, 6) is -0.214. The Morgan fingerprint density at radius 1 is 1.12 bits per heavy atom. The Hall–Kier alpha value is -2.43. The van der Waals surface area contributed by atoms with E-state index in [0.717, 1.165) is 31.6 Å². The second-order valence-corrected chi connectivity index (χ2v) is 6.11. The molecule has 0 aliphatic carbocycles. The molecule has 0 atom stereocenters. The quantitative estimate of drug-likeness (QED) is 0.928. The van der Waals surface area contributed by atoms with Gasteiger partial charge in [0.05, 0.1) is 11.3 Å². The molecule has 1 fully saturated rings. The van der Waals surface area contributed by atoms with Crippen LogP contribution in [0.3, 0.4) is 0 Å². The summed E-state index contributed by atoms with van der Waals surface area (Å²) in [5, 5.41) is 3.14. The van der Waals surface area contributed by atoms with Crippen LogP contribution in [0.2, 0.25) is 0 Å². The zero-order valence-electron chi connectivity index (χ0n) is 13.7. The molecule has 1 amide bonds. The van der Waals surface area contributed by atoms with E-state index in [1.807, 2.05) is 4.90 Å². The molecule has 2 heterocycles. The minimum absolute atomic E-state index is 0.0268. The molecule has 0 spiro atoms. The first kappa shape index (κ1) is 16.4. The zero-order valence-corrected chi connectivity index (χ0v) is 13.7. The molecule has 24 heavy (non-hydrogen) atoms. The molecule has 1 aromatic heterocycles. The van der Waals surface area contributed by atoms with Gasteiger partial charge >= 0.3 is 0 Å². The highest BCUT2D eigenvalue weighted by Crippen LogP contribution is 2.16. The third-order valence-corrected chi connectivity index (χ3v) is 4.32. The zero-order chi connectivity index (χ0) is 16.8. The van der Waals surface area contributed by atoms with E-state index in [2.05, 4.69) is 10.3 Å². The number of pyridine rings is 1. The number of benzene rings is 1. The number of anilines is 1. The fraction of sp³-hybridized carbons (Fsp3) is 0.368. The summed E-state index contributed by atoms with van der Waals surface area (Å²) in [6.07, 6.45) is 7.74. The molecule has 0 radical (unpaired) electrons. The largest absolute Gasteiger partial charge is 0.380 e. The van der Waals surface area contributed by atoms with Crippen LogP contribution in [0.25, 0.3) is 0 Å². The van der Waals surface area contributed by atoms with E-state index < -0.39 is 0 Å². The van der Waals surface area contributed by atoms with Crippen LogP contribution >= 0.6 is 0 Å². The van der Waals surface area contributed by atoms with Gasteiger partial charge in [0.15, 0.2) is 0 Å². The van der Waals surface area contributed by atoms with E-state index in [4.69, 9.17) is 0 Å². The maximum Gasteiger partial charge on any atom is 0.255 e. The highest BCUT2D eigenvalue weighted by atomic mass is 19.1. The molecular formula is C19H22FN3O. The molecule has 1 aromatic carbocycles. The van der Waals surface area contributed by atoms with Gasteiger partial charge in [-0.05, 0) is 25.0 Å². The van der Waals surface area contributed by atoms with E-state index in [-0.39, 0.29) is 11.7 Å². The fourth-order valence-electron chi connectivity index (χ4n) is 2.95. The molecular weight excluding hydrogens is 305 g/mol. The lowest BCUT2D eigenvalue weighted by molar-refractivity contribution is 0.0761. The van der Waals surface area contributed by atoms with Crippen molar-refractivity contribution in [3.8, 4) is 0 Å². The van der Waals surface area contributed by atoms with Crippen molar-refractivity contribution >= 4 is 11.6 Å². The SMILES string of the molecule is O=C(c1cncc(NCc2ccccc2F)c1)N1CCCCCC1. The van der Waals surface area contributed by atoms with Crippen molar-refractivity contribution in [1.29, 1.82) is 0 Å². The Morgan fingerprint density at radius 2 is 1.88 bits per heavy atom. The van der Waals surface area contributed by atoms with E-state index in [1.165, 1.54) is 18.9 Å². The second kappa shape index (κ2) is 7.90. The van der Waals surface area contributed by atoms with E-state index >= 15 is 0 Å². The Morgan fingerprint density at radius 3 is 2.62 bits per heavy atom. The highest BCUT2D eigenvalue weighted by molar-refractivity contribution is 5.94. The van der Waals surface area contributed by atoms with Crippen LogP contribution in [0.1, 0.15) is 41.6 Å². The number of nitrogens with zero attached hydrogens (tertiary/aromatic N) is 2. The van der Waals surface area contributed by atoms with Crippen molar-refractivity contribution < 1.29 is 9.18 Å². The van der Waals surface area contributed by atoms with Gasteiger partial charge in [0.1, 0.15) is 5.82 Å². The highest BCUT2D eigenvalue weighted by Gasteiger charge is 2.17. The number of carbonyl (C=O) groups is 1. The molecule has 0 bridgehead atoms. The summed E-state index contributed by atoms with van der Waals surface area (Å²) in [5.41, 5.74) is 1.89. The van der Waals surface area contributed by atoms with Crippen LogP contribution in [-0.2, 0) is 6.54 Å². The van der Waals surface area contributed by atoms with Gasteiger partial charge in [-0.3, -0.25) is 9.78 Å². The Balaban J connectivity index is 1.67. The van der Waals surface area contributed by atoms with Gasteiger partial charge < -0.3 is 10.2 Å². The van der Waals surface area contributed by atoms with Gasteiger partial charge in [-0.2, -0.15) is 0 Å². The lowest BCUT2D eigenvalue weighted by atomic mass is 10.2. The predicted octanol–water partition coefficient (Wildman–Crippen LogP) is 3.85. The smallest absolute Gasteiger partial charge is 0.255 e. The maximum absolute atomic E-state index is 13.7. The summed E-state index contributed by atoms with van der Waals surface area (Å²) in [7, 11) is 0. The van der Waals surface area contributed by atoms with Crippen molar-refractivity contribution in [2.75, 3.05) is 18.4 Å². The standard InChI is InChI=1S/C19H22FN3O/c20-18-8-4-3-7-15(18)13-22-17-11-16(12-21-14-17)19(24)23-9-5-1-2-6-10-23/h3-4,7-8,11-12,14,22H,1-2,5-6,9-10,13H2. The molecule has 3 rings (SSSR count). The summed E-state index contributed by atoms with van der Waals surface area (Å²) in [6.45, 7) is 1.98. The van der Waals surface area contributed by atoms with Gasteiger partial charge in [0.25, 0.3) is 5.91 Å². The Kier molecular flexibility index (Phi) is 5.41. The average Bonchev–Trinajstić information content (AvgIpc) is 2.90. The van der Waals surface area contributed by atoms with Crippen LogP contribution in [0, 0.1) is 5.82 Å². The number of rotatable bonds is 4. The van der Waals surface area contributed by atoms with Crippen LogP contribution < -0.4 is 5.32 Å². The number of hydrogen-bond acceptors (Lipinski definition) is 3. The third kappa shape index (κ3) is 4.10. The minimum Gasteiger partial charge on any atom is -0.380 e. The van der Waals surface area contributed by atoms with Crippen LogP contribution in [0.15, 0.2) is 42.7 Å². The summed E-state index contributed by atoms with van der Waals surface area (Å²) in [6, 6.07) is 8.44. The number of hydrogen-bond donors (Lipinski definition) is 1. The van der Waals surface area contributed by atoms with E-state index in [0.29, 0.717) is 17.7 Å². The fourth-order valence-corrected chi connectivity index (χ4v) is 2.95. The van der Waals surface area contributed by atoms with Gasteiger partial charge in [-0.1, -0.05) is 31.0 Å². The number of halogens is 1. The second-order valence-electron chi connectivity index (χ2n) is 6.11. The van der Waals surface area contributed by atoms with Crippen molar-refractivity contribution in [2.24, 2.45) is 0 Å². The molecule has 0 unspecified atom stereocenters. The molecule has 2 aromatic rings. The third-order valence-electron chi connectivity index (χ3n) is 4.32. The van der Waals surface area contributed by atoms with Gasteiger partial charge in [0.2, 0.25) is 0 Å². The average molecular weight is 327 g/mol. The molecule has 4 nitrogen and oxygen atoms in total. The topological polar surface area (TPSA) is 45.2 Å². The predicted molar refractivity (Wildman–Crippen MR) is 92.3 cm³/mol. The number of carbonyl (C=O) groups excluding carboxylic acids is 1. The monoisotopic (exact) mass is 327 g/mol. The van der Waals surface area contributed by atoms with Gasteiger partial charge in [-0.25, -0.2) is 4.39 Å². The van der Waals surface area contributed by atoms with Crippen LogP contribution in [-0.4, -0.2) is 28.9 Å². The molecule has 0 saturated carbocycles. The van der Waals surface area contributed by atoms with Gasteiger partial charge in [0, 0.05) is 37.6 Å². The number of likely N-dealkylation sites (tertiary alicyclic amines) is 1. The minimum atomic E-state index is -0.241. The maximum atomic E-state index is 13.7. The molecule has 1 aliphatic heterocycles. The van der Waals surface area contributed by atoms with E-state index in [9.17, 15) is 9.18 Å². The van der Waals surface area contributed by atoms with Crippen LogP contribution in [0.4, 0.5) is 10.1 Å². The summed E-state index contributed by atoms with van der Waals surface area (Å²) < 4.78 is 13.7. The molecule has 1 saturated heterocycles. The lowest BCUT2D eigenvalue weighted by Gasteiger charge is -2.20. The summed E-state index contributed by atoms with van der Waals surface area (Å²) in [4.78, 5) is 18.7. The lowest BCUT2D eigenvalue weighted by Crippen LogP contribution is -2.31. The molecule has 126 valence electrons. The van der Waals surface area contributed by atoms with Crippen molar-refractivity contribution in [3.05, 3.63) is 59.7 Å². The summed E-state index contributed by atoms with van der Waals surface area (Å²) >= 11 is 0. The van der Waals surface area contributed by atoms with Gasteiger partial charge in [-0.15, -0.1) is 0 Å². The Labute approximate surface area is 141 Å². The molecule has 1 aliphatic rings. The molecule has 1 N–H and O–H groups in total. The number of nitrogens with one attached hydrogen (secondary N) is 1. The number of amides is 1. The number of aromatic nitrogens is 1. The Bertz CT molecular complexity index is 697. The first-order valence-corrected chi connectivity index (χ1v) is 8.45. The first-order chi connectivity index (χ1) is 11.7. The van der Waals surface area contributed by atoms with Crippen molar-refractivity contribution in [2.45, 2.75) is 32.2 Å². The van der Waals surface area contributed by atoms with Crippen molar-refractivity contribution in [1.82, 2.24) is 9.88 Å². The van der Waals surface area contributed by atoms with Crippen molar-refractivity contribution in [3.63, 3.8) is 0 Å². The first-order valence-electron chi connectivity index (χ1n) is 8.45. The van der Waals surface area contributed by atoms with E-state index in [1.54, 1.807) is 36.7 Å².